The van der Waals surface area contributed by atoms with E-state index in [0.29, 0.717) is 18.2 Å². The van der Waals surface area contributed by atoms with E-state index < -0.39 is 11.8 Å². The first-order valence-electron chi connectivity index (χ1n) is 12.3. The van der Waals surface area contributed by atoms with Gasteiger partial charge in [0.15, 0.2) is 0 Å². The van der Waals surface area contributed by atoms with E-state index in [1.807, 2.05) is 10.6 Å². The number of aromatic nitrogens is 2. The zero-order valence-electron chi connectivity index (χ0n) is 20.1. The van der Waals surface area contributed by atoms with Crippen molar-refractivity contribution in [1.29, 1.82) is 0 Å². The lowest BCUT2D eigenvalue weighted by molar-refractivity contribution is 0.115. The van der Waals surface area contributed by atoms with Gasteiger partial charge in [-0.2, -0.15) is 0 Å². The van der Waals surface area contributed by atoms with Crippen LogP contribution >= 0.6 is 0 Å². The number of anilines is 2. The van der Waals surface area contributed by atoms with Crippen LogP contribution in [0.4, 0.5) is 20.6 Å². The van der Waals surface area contributed by atoms with Gasteiger partial charge >= 0.3 is 6.03 Å². The average Bonchev–Trinajstić information content (AvgIpc) is 3.16. The second-order valence-electron chi connectivity index (χ2n) is 9.95. The largest absolute Gasteiger partial charge is 0.350 e. The third kappa shape index (κ3) is 4.18. The minimum absolute atomic E-state index is 0.195. The van der Waals surface area contributed by atoms with Crippen LogP contribution in [0.1, 0.15) is 23.6 Å². The van der Waals surface area contributed by atoms with Crippen LogP contribution in [0, 0.1) is 11.7 Å². The van der Waals surface area contributed by atoms with Crippen LogP contribution in [0.3, 0.4) is 0 Å². The summed E-state index contributed by atoms with van der Waals surface area (Å²) in [6.45, 7) is 3.35. The molecule has 0 saturated carbocycles. The molecular formula is C28H28FN5O2. The predicted molar refractivity (Wildman–Crippen MR) is 139 cm³/mol. The minimum Gasteiger partial charge on any atom is -0.350 e. The van der Waals surface area contributed by atoms with Crippen molar-refractivity contribution in [2.24, 2.45) is 13.0 Å². The second-order valence-corrected chi connectivity index (χ2v) is 9.95. The number of para-hydroxylation sites is 1. The van der Waals surface area contributed by atoms with Crippen LogP contribution in [0.15, 0.2) is 71.7 Å². The highest BCUT2D eigenvalue weighted by atomic mass is 19.1. The number of urea groups is 1. The summed E-state index contributed by atoms with van der Waals surface area (Å²) in [4.78, 5) is 28.2. The van der Waals surface area contributed by atoms with Gasteiger partial charge in [-0.1, -0.05) is 24.3 Å². The molecule has 2 aromatic carbocycles. The molecular weight excluding hydrogens is 457 g/mol. The van der Waals surface area contributed by atoms with Crippen LogP contribution < -0.4 is 16.2 Å². The van der Waals surface area contributed by atoms with Crippen molar-refractivity contribution in [3.05, 3.63) is 94.3 Å². The normalized spacial score (nSPS) is 19.2. The molecule has 2 aromatic heterocycles. The van der Waals surface area contributed by atoms with Gasteiger partial charge < -0.3 is 19.8 Å². The number of aryl methyl sites for hydroxylation is 1. The van der Waals surface area contributed by atoms with E-state index in [9.17, 15) is 14.0 Å². The highest BCUT2D eigenvalue weighted by Crippen LogP contribution is 2.36. The fourth-order valence-corrected chi connectivity index (χ4v) is 5.91. The molecule has 1 fully saturated rings. The van der Waals surface area contributed by atoms with Crippen molar-refractivity contribution in [1.82, 2.24) is 14.0 Å². The number of rotatable bonds is 4. The van der Waals surface area contributed by atoms with Crippen molar-refractivity contribution in [2.45, 2.75) is 25.4 Å². The fourth-order valence-electron chi connectivity index (χ4n) is 5.91. The molecule has 0 aliphatic carbocycles. The number of carbonyl (C=O) groups excluding carboxylic acids is 1. The summed E-state index contributed by atoms with van der Waals surface area (Å²) in [5.74, 6) is 0.207. The summed E-state index contributed by atoms with van der Waals surface area (Å²) in [5, 5.41) is 6.50. The van der Waals surface area contributed by atoms with Crippen molar-refractivity contribution in [3.63, 3.8) is 0 Å². The number of hydrogen-bond donors (Lipinski definition) is 2. The summed E-state index contributed by atoms with van der Waals surface area (Å²) in [7, 11) is 2.09. The van der Waals surface area contributed by atoms with Gasteiger partial charge in [0.25, 0.3) is 5.56 Å². The highest BCUT2D eigenvalue weighted by Gasteiger charge is 2.35. The summed E-state index contributed by atoms with van der Waals surface area (Å²) < 4.78 is 17.4. The smallest absolute Gasteiger partial charge is 0.323 e. The number of fused-ring (bicyclic) bond motifs is 5. The van der Waals surface area contributed by atoms with Crippen LogP contribution in [-0.2, 0) is 20.1 Å². The Balaban J connectivity index is 1.19. The van der Waals surface area contributed by atoms with E-state index in [2.05, 4.69) is 57.6 Å². The molecule has 4 aromatic rings. The monoisotopic (exact) mass is 485 g/mol. The zero-order chi connectivity index (χ0) is 24.8. The maximum atomic E-state index is 13.4. The number of nitrogens with zero attached hydrogens (tertiary/aromatic N) is 3. The molecule has 2 bridgehead atoms. The Morgan fingerprint density at radius 3 is 2.75 bits per heavy atom. The van der Waals surface area contributed by atoms with Gasteiger partial charge in [-0.3, -0.25) is 9.69 Å². The molecule has 7 nitrogen and oxygen atoms in total. The number of amides is 2. The molecule has 2 aliphatic rings. The molecule has 6 rings (SSSR count). The number of piperidine rings is 1. The molecule has 184 valence electrons. The summed E-state index contributed by atoms with van der Waals surface area (Å²) in [5.41, 5.74) is 3.94. The number of pyridine rings is 1. The van der Waals surface area contributed by atoms with Crippen molar-refractivity contribution >= 4 is 28.3 Å². The first-order valence-corrected chi connectivity index (χ1v) is 12.3. The summed E-state index contributed by atoms with van der Waals surface area (Å²) >= 11 is 0. The average molecular weight is 486 g/mol. The topological polar surface area (TPSA) is 71.3 Å². The van der Waals surface area contributed by atoms with E-state index in [1.54, 1.807) is 12.1 Å². The van der Waals surface area contributed by atoms with Gasteiger partial charge in [-0.25, -0.2) is 9.18 Å². The number of halogens is 1. The van der Waals surface area contributed by atoms with Crippen molar-refractivity contribution in [3.8, 4) is 0 Å². The molecule has 2 N–H and O–H groups in total. The van der Waals surface area contributed by atoms with Crippen LogP contribution in [0.2, 0.25) is 0 Å². The van der Waals surface area contributed by atoms with Crippen LogP contribution in [0.25, 0.3) is 10.9 Å². The number of hydrogen-bond acceptors (Lipinski definition) is 3. The molecule has 0 radical (unpaired) electrons. The third-order valence-corrected chi connectivity index (χ3v) is 7.38. The molecule has 2 aliphatic heterocycles. The Morgan fingerprint density at radius 1 is 1.03 bits per heavy atom. The van der Waals surface area contributed by atoms with Gasteiger partial charge in [0, 0.05) is 67.6 Å². The van der Waals surface area contributed by atoms with E-state index in [0.717, 1.165) is 31.7 Å². The Bertz CT molecular complexity index is 1520. The molecule has 2 atom stereocenters. The fraction of sp³-hybridized carbons (Fsp3) is 0.286. The van der Waals surface area contributed by atoms with Gasteiger partial charge in [0.2, 0.25) is 0 Å². The van der Waals surface area contributed by atoms with Crippen molar-refractivity contribution < 1.29 is 9.18 Å². The lowest BCUT2D eigenvalue weighted by atomic mass is 9.83. The molecule has 8 heteroatoms. The molecule has 0 unspecified atom stereocenters. The Hall–Kier alpha value is -3.91. The highest BCUT2D eigenvalue weighted by molar-refractivity contribution is 5.99. The lowest BCUT2D eigenvalue weighted by Gasteiger charge is -2.43. The van der Waals surface area contributed by atoms with E-state index in [1.165, 1.54) is 34.7 Å². The zero-order valence-corrected chi connectivity index (χ0v) is 20.1. The maximum Gasteiger partial charge on any atom is 0.323 e. The van der Waals surface area contributed by atoms with E-state index in [-0.39, 0.29) is 17.2 Å². The number of benzene rings is 2. The predicted octanol–water partition coefficient (Wildman–Crippen LogP) is 4.74. The number of carbonyl (C=O) groups is 1. The molecule has 2 amide bonds. The Kier molecular flexibility index (Phi) is 5.60. The summed E-state index contributed by atoms with van der Waals surface area (Å²) in [6.07, 6.45) is 3.29. The molecule has 4 heterocycles. The first kappa shape index (κ1) is 22.5. The lowest BCUT2D eigenvalue weighted by Crippen LogP contribution is -2.47. The van der Waals surface area contributed by atoms with Crippen LogP contribution in [0.5, 0.6) is 0 Å². The molecule has 1 saturated heterocycles. The number of nitrogens with one attached hydrogen (secondary N) is 2. The third-order valence-electron chi connectivity index (χ3n) is 7.38. The van der Waals surface area contributed by atoms with E-state index >= 15 is 0 Å². The SMILES string of the molecule is Cn1cc(CN2C[C@H]3C[C@H](C2)c2ccc(NC(=O)Nc4cccc(F)c4)c(=O)n2C3)c2ccccc21. The maximum absolute atomic E-state index is 13.4. The standard InChI is InChI=1S/C28H28FN5O2/c1-32-15-20(23-7-2-3-8-26(23)32)17-33-13-18-11-19(16-33)25-10-9-24(27(35)34(25)14-18)31-28(36)30-22-6-4-5-21(29)12-22/h2-10,12,15,18-19H,11,13-14,16-17H2,1H3,(H2,30,31,36)/t18-,19-/m1/s1. The summed E-state index contributed by atoms with van der Waals surface area (Å²) in [6, 6.07) is 17.2. The van der Waals surface area contributed by atoms with Crippen molar-refractivity contribution in [2.75, 3.05) is 23.7 Å². The van der Waals surface area contributed by atoms with Gasteiger partial charge in [0.1, 0.15) is 11.5 Å². The number of likely N-dealkylation sites (tertiary alicyclic amines) is 1. The molecule has 36 heavy (non-hydrogen) atoms. The minimum atomic E-state index is -0.574. The van der Waals surface area contributed by atoms with E-state index in [4.69, 9.17) is 0 Å². The van der Waals surface area contributed by atoms with Gasteiger partial charge in [-0.05, 0) is 54.3 Å². The quantitative estimate of drug-likeness (QED) is 0.439. The Labute approximate surface area is 208 Å². The molecule has 0 spiro atoms. The van der Waals surface area contributed by atoms with Gasteiger partial charge in [0.05, 0.1) is 0 Å². The Morgan fingerprint density at radius 2 is 1.89 bits per heavy atom. The second kappa shape index (κ2) is 8.95. The first-order chi connectivity index (χ1) is 17.4. The van der Waals surface area contributed by atoms with Crippen LogP contribution in [-0.4, -0.2) is 33.2 Å². The van der Waals surface area contributed by atoms with Gasteiger partial charge in [-0.15, -0.1) is 0 Å².